The van der Waals surface area contributed by atoms with Crippen molar-refractivity contribution in [2.45, 2.75) is 50.7 Å². The minimum Gasteiger partial charge on any atom is -0.378 e. The van der Waals surface area contributed by atoms with Crippen LogP contribution in [0.5, 0.6) is 0 Å². The lowest BCUT2D eigenvalue weighted by atomic mass is 10.0. The van der Waals surface area contributed by atoms with Crippen molar-refractivity contribution in [1.29, 1.82) is 0 Å². The van der Waals surface area contributed by atoms with Crippen LogP contribution < -0.4 is 4.90 Å². The molecule has 4 heteroatoms. The molecule has 2 aliphatic rings. The van der Waals surface area contributed by atoms with Crippen LogP contribution in [0, 0.1) is 0 Å². The van der Waals surface area contributed by atoms with E-state index in [9.17, 15) is 4.79 Å². The highest BCUT2D eigenvalue weighted by Crippen LogP contribution is 2.34. The zero-order chi connectivity index (χ0) is 16.2. The fraction of sp³-hybridized carbons (Fsp3) is 0.632. The van der Waals surface area contributed by atoms with Crippen molar-refractivity contribution in [3.8, 4) is 0 Å². The molecule has 1 amide bonds. The van der Waals surface area contributed by atoms with Crippen LogP contribution in [0.1, 0.15) is 50.1 Å². The SMILES string of the molecule is CN(C)c1cccc([C@@H]2CCCN2C(=O)CC[C@H]2CCCO2)c1. The van der Waals surface area contributed by atoms with Crippen LogP contribution in [0.2, 0.25) is 0 Å². The van der Waals surface area contributed by atoms with Crippen molar-refractivity contribution in [3.05, 3.63) is 29.8 Å². The van der Waals surface area contributed by atoms with Gasteiger partial charge >= 0.3 is 0 Å². The van der Waals surface area contributed by atoms with Gasteiger partial charge in [-0.2, -0.15) is 0 Å². The number of benzene rings is 1. The molecule has 0 N–H and O–H groups in total. The number of hydrogen-bond acceptors (Lipinski definition) is 3. The van der Waals surface area contributed by atoms with Gasteiger partial charge in [0.25, 0.3) is 0 Å². The van der Waals surface area contributed by atoms with Gasteiger partial charge in [-0.15, -0.1) is 0 Å². The van der Waals surface area contributed by atoms with E-state index in [4.69, 9.17) is 4.74 Å². The van der Waals surface area contributed by atoms with Gasteiger partial charge in [-0.3, -0.25) is 4.79 Å². The van der Waals surface area contributed by atoms with E-state index < -0.39 is 0 Å². The first kappa shape index (κ1) is 16.3. The normalized spacial score (nSPS) is 24.2. The summed E-state index contributed by atoms with van der Waals surface area (Å²) in [7, 11) is 4.11. The molecule has 2 heterocycles. The second kappa shape index (κ2) is 7.35. The molecule has 0 aromatic heterocycles. The molecule has 0 unspecified atom stereocenters. The summed E-state index contributed by atoms with van der Waals surface area (Å²) in [5.41, 5.74) is 2.46. The first-order valence-corrected chi connectivity index (χ1v) is 8.83. The van der Waals surface area contributed by atoms with Crippen molar-refractivity contribution in [2.24, 2.45) is 0 Å². The third kappa shape index (κ3) is 3.86. The maximum absolute atomic E-state index is 12.7. The highest BCUT2D eigenvalue weighted by atomic mass is 16.5. The minimum atomic E-state index is 0.242. The van der Waals surface area contributed by atoms with E-state index in [0.29, 0.717) is 18.4 Å². The number of ether oxygens (including phenoxy) is 1. The molecule has 1 aromatic rings. The summed E-state index contributed by atoms with van der Waals surface area (Å²) in [5, 5.41) is 0. The Morgan fingerprint density at radius 3 is 2.91 bits per heavy atom. The average Bonchev–Trinajstić information content (AvgIpc) is 3.24. The maximum Gasteiger partial charge on any atom is 0.223 e. The number of anilines is 1. The summed E-state index contributed by atoms with van der Waals surface area (Å²) < 4.78 is 5.64. The molecular formula is C19H28N2O2. The number of carbonyl (C=O) groups excluding carboxylic acids is 1. The smallest absolute Gasteiger partial charge is 0.223 e. The molecule has 3 rings (SSSR count). The van der Waals surface area contributed by atoms with Gasteiger partial charge in [0.05, 0.1) is 12.1 Å². The second-order valence-corrected chi connectivity index (χ2v) is 6.91. The molecule has 0 saturated carbocycles. The first-order chi connectivity index (χ1) is 11.1. The molecule has 2 saturated heterocycles. The summed E-state index contributed by atoms with van der Waals surface area (Å²) in [6.07, 6.45) is 6.22. The second-order valence-electron chi connectivity index (χ2n) is 6.91. The van der Waals surface area contributed by atoms with Gasteiger partial charge in [-0.25, -0.2) is 0 Å². The Hall–Kier alpha value is -1.55. The van der Waals surface area contributed by atoms with Crippen LogP contribution in [0.4, 0.5) is 5.69 Å². The minimum absolute atomic E-state index is 0.242. The van der Waals surface area contributed by atoms with Crippen molar-refractivity contribution in [3.63, 3.8) is 0 Å². The van der Waals surface area contributed by atoms with E-state index in [1.165, 1.54) is 11.3 Å². The molecule has 0 aliphatic carbocycles. The lowest BCUT2D eigenvalue weighted by Crippen LogP contribution is -2.31. The number of amides is 1. The number of rotatable bonds is 5. The molecule has 4 nitrogen and oxygen atoms in total. The van der Waals surface area contributed by atoms with Crippen LogP contribution in [0.15, 0.2) is 24.3 Å². The number of likely N-dealkylation sites (tertiary alicyclic amines) is 1. The van der Waals surface area contributed by atoms with Crippen LogP contribution in [0.3, 0.4) is 0 Å². The van der Waals surface area contributed by atoms with E-state index in [0.717, 1.165) is 45.3 Å². The molecule has 126 valence electrons. The van der Waals surface area contributed by atoms with Crippen LogP contribution in [-0.4, -0.2) is 44.2 Å². The van der Waals surface area contributed by atoms with E-state index in [1.54, 1.807) is 0 Å². The zero-order valence-corrected chi connectivity index (χ0v) is 14.3. The van der Waals surface area contributed by atoms with Crippen molar-refractivity contribution < 1.29 is 9.53 Å². The van der Waals surface area contributed by atoms with E-state index in [1.807, 2.05) is 0 Å². The Kier molecular flexibility index (Phi) is 5.21. The summed E-state index contributed by atoms with van der Waals surface area (Å²) in [6, 6.07) is 8.83. The van der Waals surface area contributed by atoms with E-state index in [-0.39, 0.29) is 6.04 Å². The molecule has 1 aromatic carbocycles. The Morgan fingerprint density at radius 1 is 1.30 bits per heavy atom. The molecule has 2 fully saturated rings. The van der Waals surface area contributed by atoms with Crippen molar-refractivity contribution >= 4 is 11.6 Å². The third-order valence-corrected chi connectivity index (χ3v) is 5.05. The Balaban J connectivity index is 1.64. The predicted molar refractivity (Wildman–Crippen MR) is 92.7 cm³/mol. The van der Waals surface area contributed by atoms with Gasteiger partial charge in [-0.05, 0) is 49.8 Å². The summed E-state index contributed by atoms with van der Waals surface area (Å²) in [4.78, 5) is 16.9. The fourth-order valence-electron chi connectivity index (χ4n) is 3.72. The summed E-state index contributed by atoms with van der Waals surface area (Å²) in [5.74, 6) is 0.290. The van der Waals surface area contributed by atoms with Crippen molar-refractivity contribution in [1.82, 2.24) is 4.90 Å². The molecular weight excluding hydrogens is 288 g/mol. The lowest BCUT2D eigenvalue weighted by Gasteiger charge is -2.26. The fourth-order valence-corrected chi connectivity index (χ4v) is 3.72. The van der Waals surface area contributed by atoms with Crippen LogP contribution in [0.25, 0.3) is 0 Å². The average molecular weight is 316 g/mol. The highest BCUT2D eigenvalue weighted by molar-refractivity contribution is 5.77. The van der Waals surface area contributed by atoms with Crippen molar-refractivity contribution in [2.75, 3.05) is 32.1 Å². The van der Waals surface area contributed by atoms with Gasteiger partial charge in [0.2, 0.25) is 5.91 Å². The van der Waals surface area contributed by atoms with Crippen LogP contribution >= 0.6 is 0 Å². The van der Waals surface area contributed by atoms with Gasteiger partial charge in [0.15, 0.2) is 0 Å². The lowest BCUT2D eigenvalue weighted by molar-refractivity contribution is -0.132. The Bertz CT molecular complexity index is 538. The topological polar surface area (TPSA) is 32.8 Å². The summed E-state index contributed by atoms with van der Waals surface area (Å²) >= 11 is 0. The largest absolute Gasteiger partial charge is 0.378 e. The van der Waals surface area contributed by atoms with E-state index in [2.05, 4.69) is 48.2 Å². The Morgan fingerprint density at radius 2 is 2.17 bits per heavy atom. The van der Waals surface area contributed by atoms with Gasteiger partial charge in [0.1, 0.15) is 0 Å². The van der Waals surface area contributed by atoms with E-state index >= 15 is 0 Å². The zero-order valence-electron chi connectivity index (χ0n) is 14.3. The quantitative estimate of drug-likeness (QED) is 0.835. The monoisotopic (exact) mass is 316 g/mol. The number of carbonyl (C=O) groups is 1. The molecule has 2 aliphatic heterocycles. The molecule has 0 radical (unpaired) electrons. The maximum atomic E-state index is 12.7. The summed E-state index contributed by atoms with van der Waals surface area (Å²) in [6.45, 7) is 1.75. The standard InChI is InChI=1S/C19H28N2O2/c1-20(2)16-7-3-6-15(14-16)18-9-4-12-21(18)19(22)11-10-17-8-5-13-23-17/h3,6-7,14,17-18H,4-5,8-13H2,1-2H3/t17-,18+/m1/s1. The molecule has 2 atom stereocenters. The first-order valence-electron chi connectivity index (χ1n) is 8.83. The number of nitrogens with zero attached hydrogens (tertiary/aromatic N) is 2. The predicted octanol–water partition coefficient (Wildman–Crippen LogP) is 3.38. The Labute approximate surface area is 139 Å². The third-order valence-electron chi connectivity index (χ3n) is 5.05. The van der Waals surface area contributed by atoms with Gasteiger partial charge < -0.3 is 14.5 Å². The van der Waals surface area contributed by atoms with Crippen LogP contribution in [-0.2, 0) is 9.53 Å². The molecule has 23 heavy (non-hydrogen) atoms. The number of hydrogen-bond donors (Lipinski definition) is 0. The molecule has 0 bridgehead atoms. The van der Waals surface area contributed by atoms with Gasteiger partial charge in [0, 0.05) is 39.4 Å². The highest BCUT2D eigenvalue weighted by Gasteiger charge is 2.30. The molecule has 0 spiro atoms. The van der Waals surface area contributed by atoms with Gasteiger partial charge in [-0.1, -0.05) is 12.1 Å².